The SMILES string of the molecule is CC(c1ccc(F)cc1)C1(NCCCSO)CCCCC1. The molecule has 21 heavy (non-hydrogen) atoms. The highest BCUT2D eigenvalue weighted by atomic mass is 32.2. The lowest BCUT2D eigenvalue weighted by Crippen LogP contribution is -2.51. The highest BCUT2D eigenvalue weighted by Crippen LogP contribution is 2.39. The van der Waals surface area contributed by atoms with Crippen LogP contribution in [0.1, 0.15) is 56.9 Å². The van der Waals surface area contributed by atoms with Crippen molar-refractivity contribution in [1.29, 1.82) is 0 Å². The number of hydrogen-bond acceptors (Lipinski definition) is 3. The van der Waals surface area contributed by atoms with Crippen LogP contribution in [0, 0.1) is 5.82 Å². The van der Waals surface area contributed by atoms with Crippen LogP contribution < -0.4 is 5.32 Å². The predicted molar refractivity (Wildman–Crippen MR) is 88.3 cm³/mol. The molecule has 118 valence electrons. The van der Waals surface area contributed by atoms with Crippen LogP contribution in [0.3, 0.4) is 0 Å². The summed E-state index contributed by atoms with van der Waals surface area (Å²) in [5, 5.41) is 3.76. The Kier molecular flexibility index (Phi) is 6.52. The Bertz CT molecular complexity index is 417. The fraction of sp³-hybridized carbons (Fsp3) is 0.647. The van der Waals surface area contributed by atoms with Crippen LogP contribution in [0.5, 0.6) is 0 Å². The zero-order valence-electron chi connectivity index (χ0n) is 12.8. The van der Waals surface area contributed by atoms with Gasteiger partial charge in [-0.1, -0.05) is 38.3 Å². The predicted octanol–water partition coefficient (Wildman–Crippen LogP) is 4.82. The van der Waals surface area contributed by atoms with Gasteiger partial charge in [0.2, 0.25) is 0 Å². The van der Waals surface area contributed by atoms with E-state index in [-0.39, 0.29) is 11.4 Å². The largest absolute Gasteiger partial charge is 0.330 e. The molecular formula is C17H26FNOS. The Morgan fingerprint density at radius 2 is 1.90 bits per heavy atom. The smallest absolute Gasteiger partial charge is 0.123 e. The van der Waals surface area contributed by atoms with Crippen molar-refractivity contribution in [2.45, 2.75) is 56.9 Å². The molecule has 0 spiro atoms. The van der Waals surface area contributed by atoms with Crippen molar-refractivity contribution < 1.29 is 8.94 Å². The van der Waals surface area contributed by atoms with Crippen molar-refractivity contribution >= 4 is 12.0 Å². The zero-order valence-corrected chi connectivity index (χ0v) is 13.6. The Hall–Kier alpha value is -0.580. The zero-order chi connectivity index (χ0) is 15.1. The first-order valence-electron chi connectivity index (χ1n) is 7.95. The van der Waals surface area contributed by atoms with E-state index in [1.165, 1.54) is 37.7 Å². The lowest BCUT2D eigenvalue weighted by Gasteiger charge is -2.43. The number of nitrogens with one attached hydrogen (secondary N) is 1. The molecule has 1 unspecified atom stereocenters. The third kappa shape index (κ3) is 4.44. The van der Waals surface area contributed by atoms with Crippen molar-refractivity contribution in [3.63, 3.8) is 0 Å². The molecule has 1 aliphatic rings. The minimum Gasteiger partial charge on any atom is -0.330 e. The molecule has 0 heterocycles. The van der Waals surface area contributed by atoms with Crippen molar-refractivity contribution in [3.05, 3.63) is 35.6 Å². The molecule has 0 bridgehead atoms. The quantitative estimate of drug-likeness (QED) is 0.559. The molecule has 2 nitrogen and oxygen atoms in total. The van der Waals surface area contributed by atoms with Gasteiger partial charge in [-0.25, -0.2) is 4.39 Å². The monoisotopic (exact) mass is 311 g/mol. The molecule has 2 rings (SSSR count). The molecule has 0 amide bonds. The van der Waals surface area contributed by atoms with Crippen LogP contribution in [0.2, 0.25) is 0 Å². The average molecular weight is 311 g/mol. The van der Waals surface area contributed by atoms with Crippen molar-refractivity contribution in [1.82, 2.24) is 5.32 Å². The molecular weight excluding hydrogens is 285 g/mol. The lowest BCUT2D eigenvalue weighted by atomic mass is 9.71. The van der Waals surface area contributed by atoms with Crippen LogP contribution in [-0.2, 0) is 0 Å². The summed E-state index contributed by atoms with van der Waals surface area (Å²) >= 11 is 0.912. The molecule has 4 heteroatoms. The van der Waals surface area contributed by atoms with Crippen LogP contribution in [0.4, 0.5) is 4.39 Å². The summed E-state index contributed by atoms with van der Waals surface area (Å²) in [5.74, 6) is 0.977. The normalized spacial score (nSPS) is 19.4. The highest BCUT2D eigenvalue weighted by Gasteiger charge is 2.37. The second-order valence-corrected chi connectivity index (χ2v) is 6.77. The van der Waals surface area contributed by atoms with E-state index >= 15 is 0 Å². The molecule has 0 aromatic heterocycles. The molecule has 1 saturated carbocycles. The average Bonchev–Trinajstić information content (AvgIpc) is 2.53. The number of benzene rings is 1. The molecule has 1 aromatic rings. The van der Waals surface area contributed by atoms with Gasteiger partial charge in [-0.2, -0.15) is 0 Å². The first-order valence-corrected chi connectivity index (χ1v) is 8.89. The van der Waals surface area contributed by atoms with E-state index < -0.39 is 0 Å². The van der Waals surface area contributed by atoms with E-state index in [9.17, 15) is 4.39 Å². The number of rotatable bonds is 7. The standard InChI is InChI=1S/C17H26FNOS/c1-14(15-6-8-16(18)9-7-15)17(10-3-2-4-11-17)19-12-5-13-21-20/h6-9,14,19-20H,2-5,10-13H2,1H3. The van der Waals surface area contributed by atoms with Gasteiger partial charge in [0, 0.05) is 11.3 Å². The summed E-state index contributed by atoms with van der Waals surface area (Å²) in [4.78, 5) is 0. The Morgan fingerprint density at radius 1 is 1.24 bits per heavy atom. The topological polar surface area (TPSA) is 32.3 Å². The van der Waals surface area contributed by atoms with Gasteiger partial charge in [-0.3, -0.25) is 0 Å². The van der Waals surface area contributed by atoms with Crippen LogP contribution >= 0.6 is 12.0 Å². The fourth-order valence-electron chi connectivity index (χ4n) is 3.49. The maximum atomic E-state index is 13.1. The van der Waals surface area contributed by atoms with Gasteiger partial charge >= 0.3 is 0 Å². The third-order valence-corrected chi connectivity index (χ3v) is 5.31. The molecule has 1 atom stereocenters. The van der Waals surface area contributed by atoms with Gasteiger partial charge in [0.05, 0.1) is 0 Å². The fourth-order valence-corrected chi connectivity index (χ4v) is 3.76. The second kappa shape index (κ2) is 8.16. The van der Waals surface area contributed by atoms with Crippen molar-refractivity contribution in [3.8, 4) is 0 Å². The minimum atomic E-state index is -0.170. The summed E-state index contributed by atoms with van der Waals surface area (Å²) < 4.78 is 22.0. The Labute approximate surface area is 131 Å². The molecule has 0 aliphatic heterocycles. The second-order valence-electron chi connectivity index (χ2n) is 6.10. The summed E-state index contributed by atoms with van der Waals surface area (Å²) in [6.07, 6.45) is 7.15. The third-order valence-electron chi connectivity index (χ3n) is 4.83. The van der Waals surface area contributed by atoms with Crippen LogP contribution in [0.15, 0.2) is 24.3 Å². The minimum absolute atomic E-state index is 0.121. The molecule has 1 aromatic carbocycles. The van der Waals surface area contributed by atoms with E-state index in [1.54, 1.807) is 12.1 Å². The van der Waals surface area contributed by atoms with Gasteiger partial charge in [0.1, 0.15) is 5.82 Å². The van der Waals surface area contributed by atoms with Crippen LogP contribution in [0.25, 0.3) is 0 Å². The van der Waals surface area contributed by atoms with E-state index in [1.807, 2.05) is 12.1 Å². The first kappa shape index (κ1) is 16.8. The van der Waals surface area contributed by atoms with Gasteiger partial charge in [0.25, 0.3) is 0 Å². The van der Waals surface area contributed by atoms with Crippen molar-refractivity contribution in [2.24, 2.45) is 0 Å². The molecule has 1 fully saturated rings. The highest BCUT2D eigenvalue weighted by molar-refractivity contribution is 7.93. The molecule has 1 aliphatic carbocycles. The Morgan fingerprint density at radius 3 is 2.52 bits per heavy atom. The maximum Gasteiger partial charge on any atom is 0.123 e. The van der Waals surface area contributed by atoms with E-state index in [0.29, 0.717) is 5.92 Å². The van der Waals surface area contributed by atoms with E-state index in [4.69, 9.17) is 4.55 Å². The number of halogens is 1. The lowest BCUT2D eigenvalue weighted by molar-refractivity contribution is 0.196. The first-order chi connectivity index (χ1) is 10.2. The van der Waals surface area contributed by atoms with E-state index in [0.717, 1.165) is 30.8 Å². The van der Waals surface area contributed by atoms with Gasteiger partial charge in [-0.05, 0) is 61.5 Å². The Balaban J connectivity index is 2.08. The van der Waals surface area contributed by atoms with Crippen LogP contribution in [-0.4, -0.2) is 22.4 Å². The van der Waals surface area contributed by atoms with E-state index in [2.05, 4.69) is 12.2 Å². The maximum absolute atomic E-state index is 13.1. The molecule has 0 saturated heterocycles. The summed E-state index contributed by atoms with van der Waals surface area (Å²) in [7, 11) is 0. The summed E-state index contributed by atoms with van der Waals surface area (Å²) in [6.45, 7) is 3.19. The van der Waals surface area contributed by atoms with Gasteiger partial charge in [-0.15, -0.1) is 0 Å². The van der Waals surface area contributed by atoms with Gasteiger partial charge in [0.15, 0.2) is 0 Å². The van der Waals surface area contributed by atoms with Crippen molar-refractivity contribution in [2.75, 3.05) is 12.3 Å². The summed E-state index contributed by atoms with van der Waals surface area (Å²) in [6, 6.07) is 6.96. The number of hydrogen-bond donors (Lipinski definition) is 2. The molecule has 0 radical (unpaired) electrons. The molecule has 2 N–H and O–H groups in total. The van der Waals surface area contributed by atoms with Gasteiger partial charge < -0.3 is 9.87 Å². The summed E-state index contributed by atoms with van der Waals surface area (Å²) in [5.41, 5.74) is 1.33.